The van der Waals surface area contributed by atoms with Crippen LogP contribution in [-0.4, -0.2) is 17.9 Å². The smallest absolute Gasteiger partial charge is 0.302 e. The summed E-state index contributed by atoms with van der Waals surface area (Å²) in [5, 5.41) is 0. The van der Waals surface area contributed by atoms with E-state index in [2.05, 4.69) is 32.1 Å². The van der Waals surface area contributed by atoms with E-state index in [1.54, 1.807) is 5.57 Å². The third kappa shape index (κ3) is 2.56. The van der Waals surface area contributed by atoms with Crippen molar-refractivity contribution in [1.82, 2.24) is 0 Å². The fourth-order valence-corrected chi connectivity index (χ4v) is 9.31. The molecule has 3 fully saturated rings. The lowest BCUT2D eigenvalue weighted by atomic mass is 9.44. The summed E-state index contributed by atoms with van der Waals surface area (Å²) >= 11 is 0. The summed E-state index contributed by atoms with van der Waals surface area (Å²) in [4.78, 5) is 24.6. The van der Waals surface area contributed by atoms with Gasteiger partial charge in [-0.1, -0.05) is 37.6 Å². The molecule has 0 amide bonds. The highest BCUT2D eigenvalue weighted by atomic mass is 16.5. The first kappa shape index (κ1) is 20.5. The Morgan fingerprint density at radius 1 is 1.03 bits per heavy atom. The number of hydrogen-bond acceptors (Lipinski definition) is 3. The third-order valence-electron chi connectivity index (χ3n) is 10.7. The number of ketones is 1. The van der Waals surface area contributed by atoms with Crippen LogP contribution in [0.5, 0.6) is 0 Å². The van der Waals surface area contributed by atoms with Gasteiger partial charge in [0.25, 0.3) is 0 Å². The molecule has 0 heterocycles. The standard InChI is InChI=1S/C27H38O3/c1-17(28)27-12-6-5-7-20(27)16-24-22-9-8-19-15-21(30-18(2)29)10-13-25(19,3)23(22)11-14-26(24,27)4/h5-6,8,20-24H,7,9-16H2,1-4H3/t20-,21+,22-,23+,24-,25-,26-,27+/m0/s1. The summed E-state index contributed by atoms with van der Waals surface area (Å²) in [7, 11) is 0. The minimum Gasteiger partial charge on any atom is -0.462 e. The molecule has 5 aliphatic carbocycles. The molecular formula is C27H38O3. The first-order valence-corrected chi connectivity index (χ1v) is 12.2. The van der Waals surface area contributed by atoms with Gasteiger partial charge < -0.3 is 4.74 Å². The average molecular weight is 411 g/mol. The summed E-state index contributed by atoms with van der Waals surface area (Å²) in [6.45, 7) is 8.38. The molecule has 0 aromatic carbocycles. The van der Waals surface area contributed by atoms with Crippen molar-refractivity contribution in [2.45, 2.75) is 91.6 Å². The fourth-order valence-electron chi connectivity index (χ4n) is 9.31. The van der Waals surface area contributed by atoms with E-state index in [1.807, 2.05) is 6.92 Å². The van der Waals surface area contributed by atoms with E-state index >= 15 is 0 Å². The second kappa shape index (κ2) is 6.81. The van der Waals surface area contributed by atoms with Crippen molar-refractivity contribution in [3.63, 3.8) is 0 Å². The third-order valence-corrected chi connectivity index (χ3v) is 10.7. The lowest BCUT2D eigenvalue weighted by Gasteiger charge is -2.60. The van der Waals surface area contributed by atoms with Crippen LogP contribution in [0.1, 0.15) is 85.5 Å². The van der Waals surface area contributed by atoms with Gasteiger partial charge in [-0.05, 0) is 92.8 Å². The van der Waals surface area contributed by atoms with Gasteiger partial charge in [0.15, 0.2) is 0 Å². The Balaban J connectivity index is 1.47. The number of ether oxygens (including phenoxy) is 1. The molecule has 0 radical (unpaired) electrons. The van der Waals surface area contributed by atoms with Gasteiger partial charge in [-0.3, -0.25) is 9.59 Å². The molecule has 5 aliphatic rings. The maximum Gasteiger partial charge on any atom is 0.302 e. The summed E-state index contributed by atoms with van der Waals surface area (Å²) in [6.07, 6.45) is 17.1. The summed E-state index contributed by atoms with van der Waals surface area (Å²) < 4.78 is 5.59. The summed E-state index contributed by atoms with van der Waals surface area (Å²) in [5.41, 5.74) is 1.81. The van der Waals surface area contributed by atoms with Gasteiger partial charge in [0.05, 0.1) is 0 Å². The number of carbonyl (C=O) groups is 2. The van der Waals surface area contributed by atoms with Crippen LogP contribution in [0.4, 0.5) is 0 Å². The maximum absolute atomic E-state index is 13.2. The predicted octanol–water partition coefficient (Wildman–Crippen LogP) is 6.03. The molecule has 8 atom stereocenters. The van der Waals surface area contributed by atoms with Gasteiger partial charge in [-0.25, -0.2) is 0 Å². The van der Waals surface area contributed by atoms with Crippen LogP contribution in [0.25, 0.3) is 0 Å². The van der Waals surface area contributed by atoms with Crippen molar-refractivity contribution in [1.29, 1.82) is 0 Å². The van der Waals surface area contributed by atoms with Crippen molar-refractivity contribution in [2.24, 2.45) is 39.9 Å². The molecule has 0 bridgehead atoms. The van der Waals surface area contributed by atoms with Crippen LogP contribution in [0.2, 0.25) is 0 Å². The Labute approximate surface area is 181 Å². The predicted molar refractivity (Wildman–Crippen MR) is 118 cm³/mol. The minimum atomic E-state index is -0.150. The molecule has 5 rings (SSSR count). The van der Waals surface area contributed by atoms with Crippen LogP contribution < -0.4 is 0 Å². The number of carbonyl (C=O) groups excluding carboxylic acids is 2. The van der Waals surface area contributed by atoms with E-state index in [4.69, 9.17) is 4.74 Å². The van der Waals surface area contributed by atoms with E-state index in [-0.39, 0.29) is 28.3 Å². The zero-order chi connectivity index (χ0) is 21.3. The molecule has 0 aromatic heterocycles. The van der Waals surface area contributed by atoms with Crippen molar-refractivity contribution < 1.29 is 14.3 Å². The Hall–Kier alpha value is -1.38. The quantitative estimate of drug-likeness (QED) is 0.412. The topological polar surface area (TPSA) is 43.4 Å². The number of allylic oxidation sites excluding steroid dienone is 3. The van der Waals surface area contributed by atoms with Crippen LogP contribution in [0.15, 0.2) is 23.8 Å². The highest BCUT2D eigenvalue weighted by Gasteiger charge is 2.68. The maximum atomic E-state index is 13.2. The lowest BCUT2D eigenvalue weighted by molar-refractivity contribution is -0.150. The Morgan fingerprint density at radius 3 is 2.57 bits per heavy atom. The molecule has 0 spiro atoms. The summed E-state index contributed by atoms with van der Waals surface area (Å²) in [6, 6.07) is 0. The molecule has 0 saturated heterocycles. The zero-order valence-corrected chi connectivity index (χ0v) is 19.2. The highest BCUT2D eigenvalue weighted by molar-refractivity contribution is 5.85. The molecule has 0 N–H and O–H groups in total. The molecule has 3 nitrogen and oxygen atoms in total. The SMILES string of the molecule is CC(=O)O[C@@H]1CC[C@@]2(C)C(=CC[C@H]3[C@H]2CC[C@@]2(C)[C@H]3C[C@@H]3CC=CC[C@@]32C(C)=O)C1. The number of esters is 1. The zero-order valence-electron chi connectivity index (χ0n) is 19.2. The Kier molecular flexibility index (Phi) is 4.66. The second-order valence-corrected chi connectivity index (χ2v) is 11.6. The fraction of sp³-hybridized carbons (Fsp3) is 0.778. The molecule has 164 valence electrons. The summed E-state index contributed by atoms with van der Waals surface area (Å²) in [5.74, 6) is 2.90. The number of rotatable bonds is 2. The minimum absolute atomic E-state index is 0.0636. The Bertz CT molecular complexity index is 824. The average Bonchev–Trinajstić information content (AvgIpc) is 2.98. The van der Waals surface area contributed by atoms with Crippen LogP contribution >= 0.6 is 0 Å². The highest BCUT2D eigenvalue weighted by Crippen LogP contribution is 2.73. The van der Waals surface area contributed by atoms with E-state index in [0.717, 1.165) is 38.5 Å². The van der Waals surface area contributed by atoms with Gasteiger partial charge in [0.1, 0.15) is 11.9 Å². The lowest BCUT2D eigenvalue weighted by Crippen LogP contribution is -2.55. The molecule has 0 aliphatic heterocycles. The van der Waals surface area contributed by atoms with Gasteiger partial charge in [-0.2, -0.15) is 0 Å². The van der Waals surface area contributed by atoms with E-state index in [1.165, 1.54) is 26.2 Å². The molecule has 30 heavy (non-hydrogen) atoms. The van der Waals surface area contributed by atoms with E-state index < -0.39 is 0 Å². The van der Waals surface area contributed by atoms with Crippen molar-refractivity contribution in [2.75, 3.05) is 0 Å². The van der Waals surface area contributed by atoms with Gasteiger partial charge >= 0.3 is 5.97 Å². The molecule has 3 saturated carbocycles. The molecule has 0 aromatic rings. The Morgan fingerprint density at radius 2 is 1.83 bits per heavy atom. The number of fused-ring (bicyclic) bond motifs is 7. The molecular weight excluding hydrogens is 372 g/mol. The van der Waals surface area contributed by atoms with Crippen LogP contribution in [-0.2, 0) is 14.3 Å². The number of hydrogen-bond donors (Lipinski definition) is 0. The van der Waals surface area contributed by atoms with E-state index in [0.29, 0.717) is 29.5 Å². The molecule has 3 heteroatoms. The molecule has 0 unspecified atom stereocenters. The second-order valence-electron chi connectivity index (χ2n) is 11.6. The van der Waals surface area contributed by atoms with Crippen molar-refractivity contribution in [3.8, 4) is 0 Å². The van der Waals surface area contributed by atoms with Gasteiger partial charge in [-0.15, -0.1) is 0 Å². The van der Waals surface area contributed by atoms with Gasteiger partial charge in [0.2, 0.25) is 0 Å². The number of Topliss-reactive ketones (excluding diaryl/α,β-unsaturated/α-hetero) is 1. The van der Waals surface area contributed by atoms with Crippen LogP contribution in [0, 0.1) is 39.9 Å². The van der Waals surface area contributed by atoms with Crippen molar-refractivity contribution in [3.05, 3.63) is 23.8 Å². The first-order valence-electron chi connectivity index (χ1n) is 12.2. The largest absolute Gasteiger partial charge is 0.462 e. The van der Waals surface area contributed by atoms with Gasteiger partial charge in [0, 0.05) is 18.8 Å². The van der Waals surface area contributed by atoms with E-state index in [9.17, 15) is 9.59 Å². The first-order chi connectivity index (χ1) is 14.2. The monoisotopic (exact) mass is 410 g/mol. The normalized spacial score (nSPS) is 49.2. The van der Waals surface area contributed by atoms with Crippen LogP contribution in [0.3, 0.4) is 0 Å². The van der Waals surface area contributed by atoms with Crippen molar-refractivity contribution >= 4 is 11.8 Å².